The maximum absolute atomic E-state index is 13.8. The number of fused-ring (bicyclic) bond motifs is 1. The summed E-state index contributed by atoms with van der Waals surface area (Å²) < 4.78 is 75.7. The van der Waals surface area contributed by atoms with Gasteiger partial charge >= 0.3 is 6.18 Å². The summed E-state index contributed by atoms with van der Waals surface area (Å²) in [6, 6.07) is 4.33. The summed E-state index contributed by atoms with van der Waals surface area (Å²) in [7, 11) is 0. The largest absolute Gasteiger partial charge is 0.480 e. The first-order valence-electron chi connectivity index (χ1n) is 8.80. The van der Waals surface area contributed by atoms with E-state index in [2.05, 4.69) is 10.2 Å². The summed E-state index contributed by atoms with van der Waals surface area (Å²) in [4.78, 5) is 0. The summed E-state index contributed by atoms with van der Waals surface area (Å²) >= 11 is 0. The number of hydrogen-bond donors (Lipinski definition) is 0. The van der Waals surface area contributed by atoms with Crippen LogP contribution in [0.5, 0.6) is 5.75 Å². The number of alkyl halides is 3. The molecular formula is C19H16F5N3O. The quantitative estimate of drug-likeness (QED) is 0.561. The lowest BCUT2D eigenvalue weighted by atomic mass is 10.0. The van der Waals surface area contributed by atoms with E-state index in [4.69, 9.17) is 4.74 Å². The smallest absolute Gasteiger partial charge is 0.420 e. The summed E-state index contributed by atoms with van der Waals surface area (Å²) in [5.74, 6) is -1.82. The molecular weight excluding hydrogens is 381 g/mol. The van der Waals surface area contributed by atoms with Gasteiger partial charge in [-0.2, -0.15) is 13.2 Å². The number of rotatable bonds is 5. The van der Waals surface area contributed by atoms with E-state index >= 15 is 0 Å². The molecule has 4 rings (SSSR count). The summed E-state index contributed by atoms with van der Waals surface area (Å²) in [5, 5.41) is 7.65. The number of nitrogens with zero attached hydrogens (tertiary/aromatic N) is 3. The second-order valence-corrected chi connectivity index (χ2v) is 6.91. The average molecular weight is 397 g/mol. The van der Waals surface area contributed by atoms with Crippen LogP contribution in [0.1, 0.15) is 42.8 Å². The van der Waals surface area contributed by atoms with Crippen molar-refractivity contribution in [1.29, 1.82) is 0 Å². The highest BCUT2D eigenvalue weighted by Gasteiger charge is 2.39. The molecule has 0 spiro atoms. The van der Waals surface area contributed by atoms with Gasteiger partial charge in [-0.05, 0) is 43.9 Å². The first kappa shape index (κ1) is 18.6. The first-order valence-corrected chi connectivity index (χ1v) is 8.80. The van der Waals surface area contributed by atoms with Crippen molar-refractivity contribution in [2.24, 2.45) is 5.92 Å². The molecule has 2 heterocycles. The van der Waals surface area contributed by atoms with E-state index in [9.17, 15) is 22.0 Å². The van der Waals surface area contributed by atoms with Crippen LogP contribution in [0, 0.1) is 17.6 Å². The third-order valence-corrected chi connectivity index (χ3v) is 4.79. The Labute approximate surface area is 157 Å². The molecule has 1 aliphatic carbocycles. The molecule has 0 amide bonds. The molecule has 1 fully saturated rings. The number of para-hydroxylation sites is 1. The van der Waals surface area contributed by atoms with Crippen molar-refractivity contribution in [3.05, 3.63) is 59.0 Å². The highest BCUT2D eigenvalue weighted by atomic mass is 19.4. The minimum Gasteiger partial charge on any atom is -0.480 e. The number of benzene rings is 1. The Kier molecular flexibility index (Phi) is 4.47. The van der Waals surface area contributed by atoms with Gasteiger partial charge in [0.05, 0.1) is 0 Å². The molecule has 1 unspecified atom stereocenters. The number of pyridine rings is 1. The first-order chi connectivity index (χ1) is 13.3. The lowest BCUT2D eigenvalue weighted by Gasteiger charge is -2.20. The molecule has 1 atom stereocenters. The van der Waals surface area contributed by atoms with E-state index in [-0.39, 0.29) is 11.2 Å². The topological polar surface area (TPSA) is 39.4 Å². The zero-order valence-electron chi connectivity index (χ0n) is 14.8. The molecule has 0 bridgehead atoms. The lowest BCUT2D eigenvalue weighted by molar-refractivity contribution is -0.138. The molecule has 0 saturated heterocycles. The van der Waals surface area contributed by atoms with Crippen LogP contribution in [0.15, 0.2) is 30.5 Å². The Morgan fingerprint density at radius 3 is 2.43 bits per heavy atom. The van der Waals surface area contributed by atoms with Crippen molar-refractivity contribution in [2.45, 2.75) is 38.5 Å². The molecule has 3 aromatic rings. The van der Waals surface area contributed by atoms with E-state index < -0.39 is 35.2 Å². The van der Waals surface area contributed by atoms with Crippen LogP contribution < -0.4 is 4.74 Å². The van der Waals surface area contributed by atoms with Crippen LogP contribution in [-0.2, 0) is 12.6 Å². The molecule has 28 heavy (non-hydrogen) atoms. The van der Waals surface area contributed by atoms with Crippen LogP contribution in [0.2, 0.25) is 0 Å². The molecule has 1 saturated carbocycles. The van der Waals surface area contributed by atoms with Crippen LogP contribution in [-0.4, -0.2) is 14.6 Å². The Morgan fingerprint density at radius 2 is 1.82 bits per heavy atom. The third kappa shape index (κ3) is 3.41. The molecule has 0 radical (unpaired) electrons. The SMILES string of the molecule is CC(Oc1c(F)cccc1F)c1ccn2c(CC3CC3)nnc2c1C(F)(F)F. The summed E-state index contributed by atoms with van der Waals surface area (Å²) in [5.41, 5.74) is -1.63. The molecule has 1 aliphatic rings. The standard InChI is InChI=1S/C19H16F5N3O/c1-10(28-17-13(20)3-2-4-14(17)21)12-7-8-27-15(9-11-5-6-11)25-26-18(27)16(12)19(22,23)24/h2-4,7-8,10-11H,5-6,9H2,1H3. The molecule has 9 heteroatoms. The molecule has 2 aromatic heterocycles. The zero-order chi connectivity index (χ0) is 20.1. The normalized spacial score (nSPS) is 15.8. The van der Waals surface area contributed by atoms with E-state index in [0.29, 0.717) is 18.2 Å². The van der Waals surface area contributed by atoms with E-state index in [0.717, 1.165) is 31.0 Å². The fourth-order valence-electron chi connectivity index (χ4n) is 3.20. The number of hydrogen-bond acceptors (Lipinski definition) is 3. The number of ether oxygens (including phenoxy) is 1. The van der Waals surface area contributed by atoms with Crippen LogP contribution in [0.3, 0.4) is 0 Å². The van der Waals surface area contributed by atoms with Gasteiger partial charge in [-0.3, -0.25) is 4.40 Å². The fraction of sp³-hybridized carbons (Fsp3) is 0.368. The molecule has 0 aliphatic heterocycles. The number of aromatic nitrogens is 3. The third-order valence-electron chi connectivity index (χ3n) is 4.79. The predicted octanol–water partition coefficient (Wildman–Crippen LogP) is 5.12. The molecule has 4 nitrogen and oxygen atoms in total. The van der Waals surface area contributed by atoms with Gasteiger partial charge in [0, 0.05) is 18.2 Å². The van der Waals surface area contributed by atoms with Gasteiger partial charge in [-0.25, -0.2) is 8.78 Å². The minimum absolute atomic E-state index is 0.270. The Hall–Kier alpha value is -2.71. The van der Waals surface area contributed by atoms with Crippen LogP contribution >= 0.6 is 0 Å². The predicted molar refractivity (Wildman–Crippen MR) is 89.8 cm³/mol. The maximum atomic E-state index is 13.8. The number of halogens is 5. The van der Waals surface area contributed by atoms with Gasteiger partial charge in [0.25, 0.3) is 0 Å². The molecule has 148 valence electrons. The monoisotopic (exact) mass is 397 g/mol. The summed E-state index contributed by atoms with van der Waals surface area (Å²) in [6.07, 6.45) is -1.96. The molecule has 1 aromatic carbocycles. The van der Waals surface area contributed by atoms with Crippen molar-refractivity contribution < 1.29 is 26.7 Å². The average Bonchev–Trinajstić information content (AvgIpc) is 3.35. The van der Waals surface area contributed by atoms with Gasteiger partial charge in [0.1, 0.15) is 17.5 Å². The Balaban J connectivity index is 1.77. The van der Waals surface area contributed by atoms with Crippen molar-refractivity contribution in [3.63, 3.8) is 0 Å². The fourth-order valence-corrected chi connectivity index (χ4v) is 3.20. The lowest BCUT2D eigenvalue weighted by Crippen LogP contribution is -2.17. The minimum atomic E-state index is -4.74. The Morgan fingerprint density at radius 1 is 1.14 bits per heavy atom. The summed E-state index contributed by atoms with van der Waals surface area (Å²) in [6.45, 7) is 1.30. The van der Waals surface area contributed by atoms with E-state index in [1.807, 2.05) is 0 Å². The van der Waals surface area contributed by atoms with E-state index in [1.165, 1.54) is 23.6 Å². The second-order valence-electron chi connectivity index (χ2n) is 6.91. The van der Waals surface area contributed by atoms with Gasteiger partial charge in [0.15, 0.2) is 23.0 Å². The van der Waals surface area contributed by atoms with Gasteiger partial charge in [0.2, 0.25) is 0 Å². The van der Waals surface area contributed by atoms with Crippen molar-refractivity contribution >= 4 is 5.65 Å². The van der Waals surface area contributed by atoms with Crippen LogP contribution in [0.4, 0.5) is 22.0 Å². The van der Waals surface area contributed by atoms with Crippen molar-refractivity contribution in [1.82, 2.24) is 14.6 Å². The van der Waals surface area contributed by atoms with Crippen LogP contribution in [0.25, 0.3) is 5.65 Å². The highest BCUT2D eigenvalue weighted by Crippen LogP contribution is 2.39. The van der Waals surface area contributed by atoms with Gasteiger partial charge in [-0.1, -0.05) is 6.07 Å². The van der Waals surface area contributed by atoms with Crippen molar-refractivity contribution in [3.8, 4) is 5.75 Å². The van der Waals surface area contributed by atoms with Gasteiger partial charge in [-0.15, -0.1) is 10.2 Å². The zero-order valence-corrected chi connectivity index (χ0v) is 14.8. The Bertz CT molecular complexity index is 1010. The molecule has 0 N–H and O–H groups in total. The van der Waals surface area contributed by atoms with Gasteiger partial charge < -0.3 is 4.74 Å². The highest BCUT2D eigenvalue weighted by molar-refractivity contribution is 5.54. The second kappa shape index (κ2) is 6.72. The van der Waals surface area contributed by atoms with E-state index in [1.54, 1.807) is 0 Å². The maximum Gasteiger partial charge on any atom is 0.420 e. The van der Waals surface area contributed by atoms with Crippen molar-refractivity contribution in [2.75, 3.05) is 0 Å².